The van der Waals surface area contributed by atoms with E-state index in [0.29, 0.717) is 12.0 Å². The van der Waals surface area contributed by atoms with E-state index >= 15 is 0 Å². The second-order valence-corrected chi connectivity index (χ2v) is 6.46. The Balaban J connectivity index is 1.87. The molecule has 0 radical (unpaired) electrons. The fourth-order valence-electron chi connectivity index (χ4n) is 3.73. The van der Waals surface area contributed by atoms with Crippen LogP contribution in [0.25, 0.3) is 0 Å². The lowest BCUT2D eigenvalue weighted by molar-refractivity contribution is 0.0949. The van der Waals surface area contributed by atoms with E-state index in [1.54, 1.807) is 0 Å². The summed E-state index contributed by atoms with van der Waals surface area (Å²) in [6, 6.07) is 0.711. The quantitative estimate of drug-likeness (QED) is 0.682. The molecule has 0 bridgehead atoms. The van der Waals surface area contributed by atoms with Gasteiger partial charge in [-0.2, -0.15) is 0 Å². The van der Waals surface area contributed by atoms with Crippen molar-refractivity contribution >= 4 is 0 Å². The fourth-order valence-corrected chi connectivity index (χ4v) is 3.73. The summed E-state index contributed by atoms with van der Waals surface area (Å²) in [5, 5.41) is 13.2. The van der Waals surface area contributed by atoms with Crippen molar-refractivity contribution in [2.75, 3.05) is 46.9 Å². The van der Waals surface area contributed by atoms with Gasteiger partial charge in [-0.3, -0.25) is 4.90 Å². The first-order valence-electron chi connectivity index (χ1n) is 7.87. The first-order valence-corrected chi connectivity index (χ1v) is 7.87. The van der Waals surface area contributed by atoms with Gasteiger partial charge in [0.2, 0.25) is 0 Å². The third-order valence-electron chi connectivity index (χ3n) is 5.12. The molecule has 0 aromatic heterocycles. The minimum Gasteiger partial charge on any atom is -0.394 e. The van der Waals surface area contributed by atoms with Gasteiger partial charge < -0.3 is 15.3 Å². The molecule has 1 heterocycles. The molecule has 0 aromatic carbocycles. The van der Waals surface area contributed by atoms with E-state index in [1.807, 2.05) is 7.05 Å². The van der Waals surface area contributed by atoms with Crippen LogP contribution in [0.15, 0.2) is 0 Å². The van der Waals surface area contributed by atoms with Crippen LogP contribution < -0.4 is 5.32 Å². The molecule has 0 spiro atoms. The molecule has 0 aromatic rings. The van der Waals surface area contributed by atoms with E-state index in [-0.39, 0.29) is 12.1 Å². The summed E-state index contributed by atoms with van der Waals surface area (Å²) in [5.41, 5.74) is -0.0790. The van der Waals surface area contributed by atoms with E-state index in [0.717, 1.165) is 19.6 Å². The third kappa shape index (κ3) is 3.48. The molecule has 2 atom stereocenters. The highest BCUT2D eigenvalue weighted by atomic mass is 16.3. The topological polar surface area (TPSA) is 38.7 Å². The highest BCUT2D eigenvalue weighted by Crippen LogP contribution is 2.39. The van der Waals surface area contributed by atoms with E-state index in [4.69, 9.17) is 0 Å². The Hall–Kier alpha value is -0.160. The van der Waals surface area contributed by atoms with Crippen molar-refractivity contribution < 1.29 is 5.11 Å². The Morgan fingerprint density at radius 2 is 2.11 bits per heavy atom. The monoisotopic (exact) mass is 269 g/mol. The van der Waals surface area contributed by atoms with Crippen LogP contribution in [-0.4, -0.2) is 73.4 Å². The summed E-state index contributed by atoms with van der Waals surface area (Å²) < 4.78 is 0. The molecule has 1 aliphatic carbocycles. The van der Waals surface area contributed by atoms with E-state index in [2.05, 4.69) is 29.1 Å². The van der Waals surface area contributed by atoms with Crippen molar-refractivity contribution in [2.24, 2.45) is 5.92 Å². The molecule has 0 amide bonds. The Morgan fingerprint density at radius 1 is 1.37 bits per heavy atom. The first-order chi connectivity index (χ1) is 9.15. The van der Waals surface area contributed by atoms with E-state index < -0.39 is 0 Å². The molecule has 2 unspecified atom stereocenters. The first kappa shape index (κ1) is 15.2. The summed E-state index contributed by atoms with van der Waals surface area (Å²) in [7, 11) is 4.20. The van der Waals surface area contributed by atoms with Crippen LogP contribution in [0.2, 0.25) is 0 Å². The zero-order valence-electron chi connectivity index (χ0n) is 12.9. The van der Waals surface area contributed by atoms with E-state index in [1.165, 1.54) is 32.2 Å². The van der Waals surface area contributed by atoms with Gasteiger partial charge in [-0.25, -0.2) is 0 Å². The largest absolute Gasteiger partial charge is 0.394 e. The number of aliphatic hydroxyl groups excluding tert-OH is 1. The summed E-state index contributed by atoms with van der Waals surface area (Å²) >= 11 is 0. The van der Waals surface area contributed by atoms with Crippen molar-refractivity contribution in [3.63, 3.8) is 0 Å². The van der Waals surface area contributed by atoms with Gasteiger partial charge in [-0.15, -0.1) is 0 Å². The Bertz CT molecular complexity index is 277. The Labute approximate surface area is 118 Å². The highest BCUT2D eigenvalue weighted by Gasteiger charge is 2.44. The predicted octanol–water partition coefficient (Wildman–Crippen LogP) is 0.763. The SMILES string of the molecule is CCN1CCCC1CN(C)CC(CO)(NC)C1CC1. The van der Waals surface area contributed by atoms with Crippen molar-refractivity contribution in [1.29, 1.82) is 0 Å². The maximum absolute atomic E-state index is 9.80. The normalized spacial score (nSPS) is 27.9. The van der Waals surface area contributed by atoms with Gasteiger partial charge in [-0.1, -0.05) is 6.92 Å². The Morgan fingerprint density at radius 3 is 2.63 bits per heavy atom. The number of aliphatic hydroxyl groups is 1. The Kier molecular flexibility index (Phi) is 5.23. The van der Waals surface area contributed by atoms with Gasteiger partial charge in [0.15, 0.2) is 0 Å². The molecule has 2 N–H and O–H groups in total. The number of hydrogen-bond acceptors (Lipinski definition) is 4. The van der Waals surface area contributed by atoms with Gasteiger partial charge in [0.25, 0.3) is 0 Å². The second kappa shape index (κ2) is 6.53. The number of rotatable bonds is 8. The summed E-state index contributed by atoms with van der Waals surface area (Å²) in [5.74, 6) is 0.663. The minimum absolute atomic E-state index is 0.0790. The van der Waals surface area contributed by atoms with Crippen molar-refractivity contribution in [3.8, 4) is 0 Å². The minimum atomic E-state index is -0.0790. The molecule has 112 valence electrons. The lowest BCUT2D eigenvalue weighted by Gasteiger charge is -2.37. The lowest BCUT2D eigenvalue weighted by atomic mass is 9.93. The lowest BCUT2D eigenvalue weighted by Crippen LogP contribution is -2.57. The molecule has 4 heteroatoms. The molecule has 1 saturated heterocycles. The van der Waals surface area contributed by atoms with Gasteiger partial charge in [-0.05, 0) is 58.8 Å². The van der Waals surface area contributed by atoms with Gasteiger partial charge in [0, 0.05) is 19.1 Å². The molecular formula is C15H31N3O. The van der Waals surface area contributed by atoms with Crippen LogP contribution in [0.5, 0.6) is 0 Å². The molecule has 1 saturated carbocycles. The zero-order valence-corrected chi connectivity index (χ0v) is 12.9. The predicted molar refractivity (Wildman–Crippen MR) is 79.4 cm³/mol. The molecule has 1 aliphatic heterocycles. The molecule has 2 fully saturated rings. The summed E-state index contributed by atoms with van der Waals surface area (Å²) in [6.45, 7) is 7.02. The van der Waals surface area contributed by atoms with Crippen LogP contribution in [0.4, 0.5) is 0 Å². The molecule has 4 nitrogen and oxygen atoms in total. The fraction of sp³-hybridized carbons (Fsp3) is 1.00. The average Bonchev–Trinajstić information content (AvgIpc) is 3.18. The molecule has 2 aliphatic rings. The maximum atomic E-state index is 9.80. The van der Waals surface area contributed by atoms with Crippen LogP contribution in [0, 0.1) is 5.92 Å². The van der Waals surface area contributed by atoms with Gasteiger partial charge in [0.05, 0.1) is 12.1 Å². The standard InChI is InChI=1S/C15H31N3O/c1-4-18-9-5-6-14(18)10-17(3)11-15(12-19,16-2)13-7-8-13/h13-14,16,19H,4-12H2,1-3H3. The molecule has 19 heavy (non-hydrogen) atoms. The van der Waals surface area contributed by atoms with Crippen molar-refractivity contribution in [2.45, 2.75) is 44.2 Å². The van der Waals surface area contributed by atoms with Crippen molar-refractivity contribution in [3.05, 3.63) is 0 Å². The second-order valence-electron chi connectivity index (χ2n) is 6.46. The number of likely N-dealkylation sites (N-methyl/N-ethyl adjacent to an activating group) is 3. The number of hydrogen-bond donors (Lipinski definition) is 2. The van der Waals surface area contributed by atoms with E-state index in [9.17, 15) is 5.11 Å². The smallest absolute Gasteiger partial charge is 0.0628 e. The maximum Gasteiger partial charge on any atom is 0.0628 e. The van der Waals surface area contributed by atoms with Crippen LogP contribution in [-0.2, 0) is 0 Å². The van der Waals surface area contributed by atoms with Gasteiger partial charge >= 0.3 is 0 Å². The summed E-state index contributed by atoms with van der Waals surface area (Å²) in [6.07, 6.45) is 5.19. The zero-order chi connectivity index (χ0) is 13.9. The van der Waals surface area contributed by atoms with Crippen LogP contribution in [0.1, 0.15) is 32.6 Å². The summed E-state index contributed by atoms with van der Waals surface area (Å²) in [4.78, 5) is 5.01. The molecular weight excluding hydrogens is 238 g/mol. The highest BCUT2D eigenvalue weighted by molar-refractivity contribution is 5.02. The average molecular weight is 269 g/mol. The third-order valence-corrected chi connectivity index (χ3v) is 5.12. The van der Waals surface area contributed by atoms with Crippen molar-refractivity contribution in [1.82, 2.24) is 15.1 Å². The van der Waals surface area contributed by atoms with Crippen LogP contribution >= 0.6 is 0 Å². The molecule has 2 rings (SSSR count). The number of likely N-dealkylation sites (tertiary alicyclic amines) is 1. The van der Waals surface area contributed by atoms with Gasteiger partial charge in [0.1, 0.15) is 0 Å². The number of nitrogens with one attached hydrogen (secondary N) is 1. The number of nitrogens with zero attached hydrogens (tertiary/aromatic N) is 2. The van der Waals surface area contributed by atoms with Crippen LogP contribution in [0.3, 0.4) is 0 Å².